The summed E-state index contributed by atoms with van der Waals surface area (Å²) in [7, 11) is 0. The van der Waals surface area contributed by atoms with Crippen LogP contribution in [0.15, 0.2) is 35.0 Å². The lowest BCUT2D eigenvalue weighted by Crippen LogP contribution is -1.92. The third kappa shape index (κ3) is 0.866. The minimum Gasteiger partial charge on any atom is -0.466 e. The Morgan fingerprint density at radius 2 is 2.50 bits per heavy atom. The van der Waals surface area contributed by atoms with Crippen molar-refractivity contribution in [3.05, 3.63) is 36.3 Å². The van der Waals surface area contributed by atoms with Crippen LogP contribution in [0.25, 0.3) is 0 Å². The first-order valence-corrected chi connectivity index (χ1v) is 3.28. The summed E-state index contributed by atoms with van der Waals surface area (Å²) in [4.78, 5) is 0. The quantitative estimate of drug-likeness (QED) is 0.550. The summed E-state index contributed by atoms with van der Waals surface area (Å²) in [5.74, 6) is 0.883. The zero-order valence-electron chi connectivity index (χ0n) is 5.49. The van der Waals surface area contributed by atoms with Gasteiger partial charge in [0, 0.05) is 0 Å². The molecule has 0 aliphatic carbocycles. The molecule has 2 nitrogen and oxygen atoms in total. The van der Waals surface area contributed by atoms with Crippen molar-refractivity contribution in [3.8, 4) is 0 Å². The van der Waals surface area contributed by atoms with Gasteiger partial charge in [-0.3, -0.25) is 0 Å². The smallest absolute Gasteiger partial charge is 0.136 e. The van der Waals surface area contributed by atoms with Gasteiger partial charge in [-0.1, -0.05) is 6.08 Å². The summed E-state index contributed by atoms with van der Waals surface area (Å²) < 4.78 is 10.4. The first-order valence-electron chi connectivity index (χ1n) is 3.28. The van der Waals surface area contributed by atoms with Gasteiger partial charge in [0.25, 0.3) is 0 Å². The lowest BCUT2D eigenvalue weighted by atomic mass is 10.3. The molecule has 1 aromatic rings. The van der Waals surface area contributed by atoms with Crippen molar-refractivity contribution in [3.63, 3.8) is 0 Å². The van der Waals surface area contributed by atoms with Gasteiger partial charge in [0.1, 0.15) is 11.9 Å². The topological polar surface area (TPSA) is 22.4 Å². The molecule has 2 rings (SSSR count). The SMILES string of the molecule is C1=CC(c2ccco2)OC1. The van der Waals surface area contributed by atoms with Gasteiger partial charge in [-0.15, -0.1) is 0 Å². The van der Waals surface area contributed by atoms with Crippen molar-refractivity contribution in [2.45, 2.75) is 6.10 Å². The van der Waals surface area contributed by atoms with Crippen LogP contribution in [0.5, 0.6) is 0 Å². The summed E-state index contributed by atoms with van der Waals surface area (Å²) in [5, 5.41) is 0. The van der Waals surface area contributed by atoms with Gasteiger partial charge in [-0.05, 0) is 18.2 Å². The molecule has 0 fully saturated rings. The third-order valence-corrected chi connectivity index (χ3v) is 1.51. The first-order chi connectivity index (χ1) is 4.97. The molecule has 52 valence electrons. The van der Waals surface area contributed by atoms with E-state index in [4.69, 9.17) is 9.15 Å². The molecule has 0 bridgehead atoms. The van der Waals surface area contributed by atoms with Crippen molar-refractivity contribution in [1.82, 2.24) is 0 Å². The molecule has 0 amide bonds. The van der Waals surface area contributed by atoms with Gasteiger partial charge in [-0.25, -0.2) is 0 Å². The maximum Gasteiger partial charge on any atom is 0.136 e. The molecular formula is C8H8O2. The molecule has 2 heterocycles. The van der Waals surface area contributed by atoms with E-state index >= 15 is 0 Å². The predicted octanol–water partition coefficient (Wildman–Crippen LogP) is 1.91. The Labute approximate surface area is 59.1 Å². The van der Waals surface area contributed by atoms with E-state index in [2.05, 4.69) is 0 Å². The van der Waals surface area contributed by atoms with Gasteiger partial charge >= 0.3 is 0 Å². The van der Waals surface area contributed by atoms with Gasteiger partial charge in [0.15, 0.2) is 0 Å². The van der Waals surface area contributed by atoms with Crippen molar-refractivity contribution in [1.29, 1.82) is 0 Å². The zero-order chi connectivity index (χ0) is 6.81. The van der Waals surface area contributed by atoms with E-state index < -0.39 is 0 Å². The normalized spacial score (nSPS) is 23.8. The Balaban J connectivity index is 2.20. The molecule has 1 aliphatic rings. The number of rotatable bonds is 1. The van der Waals surface area contributed by atoms with E-state index in [1.54, 1.807) is 6.26 Å². The molecule has 0 aromatic carbocycles. The monoisotopic (exact) mass is 136 g/mol. The summed E-state index contributed by atoms with van der Waals surface area (Å²) >= 11 is 0. The van der Waals surface area contributed by atoms with Crippen molar-refractivity contribution < 1.29 is 9.15 Å². The van der Waals surface area contributed by atoms with Crippen LogP contribution in [0.4, 0.5) is 0 Å². The summed E-state index contributed by atoms with van der Waals surface area (Å²) in [6.07, 6.45) is 5.70. The fourth-order valence-electron chi connectivity index (χ4n) is 1.02. The predicted molar refractivity (Wildman–Crippen MR) is 36.5 cm³/mol. The highest BCUT2D eigenvalue weighted by Gasteiger charge is 2.13. The van der Waals surface area contributed by atoms with E-state index in [0.717, 1.165) is 5.76 Å². The number of furan rings is 1. The van der Waals surface area contributed by atoms with E-state index in [1.807, 2.05) is 24.3 Å². The highest BCUT2D eigenvalue weighted by molar-refractivity contribution is 5.11. The van der Waals surface area contributed by atoms with Gasteiger partial charge < -0.3 is 9.15 Å². The standard InChI is InChI=1S/C8H8O2/c1-3-7(9-5-1)8-4-2-6-10-8/h1-5,8H,6H2. The van der Waals surface area contributed by atoms with Crippen molar-refractivity contribution in [2.24, 2.45) is 0 Å². The molecule has 1 atom stereocenters. The molecule has 0 spiro atoms. The largest absolute Gasteiger partial charge is 0.466 e. The average molecular weight is 136 g/mol. The maximum atomic E-state index is 5.29. The summed E-state index contributed by atoms with van der Waals surface area (Å²) in [5.41, 5.74) is 0. The van der Waals surface area contributed by atoms with Crippen LogP contribution < -0.4 is 0 Å². The molecular weight excluding hydrogens is 128 g/mol. The molecule has 1 unspecified atom stereocenters. The fourth-order valence-corrected chi connectivity index (χ4v) is 1.02. The van der Waals surface area contributed by atoms with Crippen LogP contribution in [-0.2, 0) is 4.74 Å². The second-order valence-electron chi connectivity index (χ2n) is 2.20. The Morgan fingerprint density at radius 1 is 1.50 bits per heavy atom. The third-order valence-electron chi connectivity index (χ3n) is 1.51. The number of ether oxygens (including phenoxy) is 1. The van der Waals surface area contributed by atoms with Crippen molar-refractivity contribution >= 4 is 0 Å². The molecule has 0 saturated carbocycles. The van der Waals surface area contributed by atoms with E-state index in [9.17, 15) is 0 Å². The Morgan fingerprint density at radius 3 is 3.10 bits per heavy atom. The molecule has 0 N–H and O–H groups in total. The fraction of sp³-hybridized carbons (Fsp3) is 0.250. The van der Waals surface area contributed by atoms with E-state index in [1.165, 1.54) is 0 Å². The summed E-state index contributed by atoms with van der Waals surface area (Å²) in [6.45, 7) is 0.700. The second kappa shape index (κ2) is 2.31. The minimum atomic E-state index is 0.0509. The zero-order valence-corrected chi connectivity index (χ0v) is 5.49. The van der Waals surface area contributed by atoms with Crippen LogP contribution >= 0.6 is 0 Å². The number of hydrogen-bond donors (Lipinski definition) is 0. The molecule has 10 heavy (non-hydrogen) atoms. The highest BCUT2D eigenvalue weighted by Crippen LogP contribution is 2.22. The van der Waals surface area contributed by atoms with Crippen LogP contribution in [0.2, 0.25) is 0 Å². The molecule has 1 aliphatic heterocycles. The van der Waals surface area contributed by atoms with Crippen LogP contribution in [0.3, 0.4) is 0 Å². The maximum absolute atomic E-state index is 5.29. The Bertz CT molecular complexity index is 223. The Hall–Kier alpha value is -1.02. The highest BCUT2D eigenvalue weighted by atomic mass is 16.5. The van der Waals surface area contributed by atoms with Gasteiger partial charge in [0.05, 0.1) is 12.9 Å². The van der Waals surface area contributed by atoms with E-state index in [-0.39, 0.29) is 6.10 Å². The number of hydrogen-bond acceptors (Lipinski definition) is 2. The minimum absolute atomic E-state index is 0.0509. The van der Waals surface area contributed by atoms with Crippen molar-refractivity contribution in [2.75, 3.05) is 6.61 Å². The molecule has 1 aromatic heterocycles. The first kappa shape index (κ1) is 5.74. The van der Waals surface area contributed by atoms with Crippen LogP contribution in [-0.4, -0.2) is 6.61 Å². The Kier molecular flexibility index (Phi) is 1.32. The van der Waals surface area contributed by atoms with E-state index in [0.29, 0.717) is 6.61 Å². The molecule has 0 saturated heterocycles. The molecule has 0 radical (unpaired) electrons. The van der Waals surface area contributed by atoms with Crippen LogP contribution in [0, 0.1) is 0 Å². The van der Waals surface area contributed by atoms with Crippen LogP contribution in [0.1, 0.15) is 11.9 Å². The summed E-state index contributed by atoms with van der Waals surface area (Å²) in [6, 6.07) is 3.78. The lowest BCUT2D eigenvalue weighted by molar-refractivity contribution is 0.111. The molecule has 2 heteroatoms. The average Bonchev–Trinajstić information content (AvgIpc) is 2.59. The second-order valence-corrected chi connectivity index (χ2v) is 2.20. The van der Waals surface area contributed by atoms with Gasteiger partial charge in [-0.2, -0.15) is 0 Å². The van der Waals surface area contributed by atoms with Gasteiger partial charge in [0.2, 0.25) is 0 Å². The lowest BCUT2D eigenvalue weighted by Gasteiger charge is -2.02.